The van der Waals surface area contributed by atoms with Crippen molar-refractivity contribution < 1.29 is 14.0 Å². The van der Waals surface area contributed by atoms with Crippen LogP contribution in [0.5, 0.6) is 0 Å². The molecule has 11 heteroatoms. The summed E-state index contributed by atoms with van der Waals surface area (Å²) in [6.45, 7) is 3.57. The van der Waals surface area contributed by atoms with E-state index < -0.39 is 5.82 Å². The van der Waals surface area contributed by atoms with Gasteiger partial charge in [0.1, 0.15) is 18.9 Å². The summed E-state index contributed by atoms with van der Waals surface area (Å²) < 4.78 is 14.9. The molecule has 2 N–H and O–H groups in total. The van der Waals surface area contributed by atoms with Gasteiger partial charge in [-0.3, -0.25) is 14.3 Å². The van der Waals surface area contributed by atoms with Gasteiger partial charge in [-0.1, -0.05) is 6.07 Å². The van der Waals surface area contributed by atoms with Gasteiger partial charge in [0.25, 0.3) is 0 Å². The summed E-state index contributed by atoms with van der Waals surface area (Å²) in [6, 6.07) is 5.67. The van der Waals surface area contributed by atoms with Crippen molar-refractivity contribution in [1.82, 2.24) is 20.0 Å². The van der Waals surface area contributed by atoms with Gasteiger partial charge in [0, 0.05) is 38.6 Å². The molecule has 0 aliphatic carbocycles. The lowest BCUT2D eigenvalue weighted by molar-refractivity contribution is -0.120. The van der Waals surface area contributed by atoms with Crippen molar-refractivity contribution >= 4 is 53.1 Å². The second-order valence-corrected chi connectivity index (χ2v) is 6.57. The number of aliphatic imine (C=N–C) groups is 1. The Balaban J connectivity index is 0.00000320. The Labute approximate surface area is 191 Å². The zero-order chi connectivity index (χ0) is 20.8. The van der Waals surface area contributed by atoms with Crippen LogP contribution in [0.3, 0.4) is 0 Å². The van der Waals surface area contributed by atoms with Crippen LogP contribution in [0.2, 0.25) is 0 Å². The Morgan fingerprint density at radius 3 is 2.77 bits per heavy atom. The second kappa shape index (κ2) is 10.9. The maximum absolute atomic E-state index is 13.2. The van der Waals surface area contributed by atoms with E-state index in [2.05, 4.69) is 20.7 Å². The van der Waals surface area contributed by atoms with Crippen LogP contribution < -0.4 is 15.5 Å². The van der Waals surface area contributed by atoms with Crippen LogP contribution >= 0.6 is 24.0 Å². The molecular weight excluding hydrogens is 504 g/mol. The van der Waals surface area contributed by atoms with Crippen LogP contribution in [-0.2, 0) is 16.6 Å². The van der Waals surface area contributed by atoms with E-state index in [1.54, 1.807) is 35.1 Å². The molecule has 30 heavy (non-hydrogen) atoms. The minimum atomic E-state index is -0.426. The average molecular weight is 529 g/mol. The van der Waals surface area contributed by atoms with Gasteiger partial charge in [-0.15, -0.1) is 24.0 Å². The van der Waals surface area contributed by atoms with Crippen molar-refractivity contribution in [1.29, 1.82) is 0 Å². The van der Waals surface area contributed by atoms with Gasteiger partial charge in [-0.05, 0) is 25.1 Å². The third-order valence-corrected chi connectivity index (χ3v) is 4.34. The number of carbonyl (C=O) groups is 2. The average Bonchev–Trinajstić information content (AvgIpc) is 3.11. The fourth-order valence-electron chi connectivity index (χ4n) is 3.01. The molecule has 2 amide bonds. The van der Waals surface area contributed by atoms with Crippen molar-refractivity contribution in [2.45, 2.75) is 6.92 Å². The first-order chi connectivity index (χ1) is 14.0. The summed E-state index contributed by atoms with van der Waals surface area (Å²) in [5, 5.41) is 9.82. The fourth-order valence-corrected chi connectivity index (χ4v) is 3.01. The van der Waals surface area contributed by atoms with E-state index in [9.17, 15) is 14.0 Å². The van der Waals surface area contributed by atoms with E-state index in [1.165, 1.54) is 18.2 Å². The van der Waals surface area contributed by atoms with Crippen LogP contribution in [0.15, 0.2) is 41.7 Å². The molecule has 1 aliphatic heterocycles. The quantitative estimate of drug-likeness (QED) is 0.348. The number of carbonyl (C=O) groups excluding carboxylic acids is 2. The normalized spacial score (nSPS) is 14.4. The van der Waals surface area contributed by atoms with Crippen molar-refractivity contribution in [3.8, 4) is 0 Å². The third-order valence-electron chi connectivity index (χ3n) is 4.34. The molecule has 2 aromatic rings. The molecule has 1 aromatic carbocycles. The standard InChI is InChI=1S/C19H24FN7O2.HI/c1-3-21-19(22-11-17(28)24-15-6-4-5-14(20)9-15)26-7-8-27(18(29)13-26)16-10-23-25(2)12-16;/h4-6,9-10,12H,3,7-8,11,13H2,1-2H3,(H,21,22)(H,24,28);1H. The number of aromatic nitrogens is 2. The molecule has 0 bridgehead atoms. The molecule has 9 nitrogen and oxygen atoms in total. The van der Waals surface area contributed by atoms with Gasteiger partial charge in [0.15, 0.2) is 5.96 Å². The van der Waals surface area contributed by atoms with E-state index in [1.807, 2.05) is 11.8 Å². The molecule has 0 radical (unpaired) electrons. The summed E-state index contributed by atoms with van der Waals surface area (Å²) in [5.41, 5.74) is 1.13. The predicted molar refractivity (Wildman–Crippen MR) is 124 cm³/mol. The molecule has 0 saturated carbocycles. The summed E-state index contributed by atoms with van der Waals surface area (Å²) in [6.07, 6.45) is 3.45. The van der Waals surface area contributed by atoms with Gasteiger partial charge in [0.05, 0.1) is 11.9 Å². The summed E-state index contributed by atoms with van der Waals surface area (Å²) in [4.78, 5) is 32.6. The van der Waals surface area contributed by atoms with Crippen LogP contribution in [0.4, 0.5) is 15.8 Å². The molecule has 2 heterocycles. The molecule has 1 aromatic heterocycles. The van der Waals surface area contributed by atoms with Gasteiger partial charge in [-0.2, -0.15) is 5.10 Å². The maximum Gasteiger partial charge on any atom is 0.246 e. The zero-order valence-electron chi connectivity index (χ0n) is 16.8. The Morgan fingerprint density at radius 2 is 2.13 bits per heavy atom. The molecule has 1 aliphatic rings. The zero-order valence-corrected chi connectivity index (χ0v) is 19.2. The summed E-state index contributed by atoms with van der Waals surface area (Å²) in [7, 11) is 1.80. The van der Waals surface area contributed by atoms with Crippen molar-refractivity contribution in [3.05, 3.63) is 42.5 Å². The van der Waals surface area contributed by atoms with Crippen LogP contribution in [0.25, 0.3) is 0 Å². The first-order valence-corrected chi connectivity index (χ1v) is 9.34. The van der Waals surface area contributed by atoms with Crippen LogP contribution in [0, 0.1) is 5.82 Å². The maximum atomic E-state index is 13.2. The van der Waals surface area contributed by atoms with E-state index >= 15 is 0 Å². The Kier molecular flexibility index (Phi) is 8.57. The third kappa shape index (κ3) is 6.15. The lowest BCUT2D eigenvalue weighted by Gasteiger charge is -2.35. The highest BCUT2D eigenvalue weighted by molar-refractivity contribution is 14.0. The van der Waals surface area contributed by atoms with Gasteiger partial charge < -0.3 is 20.4 Å². The van der Waals surface area contributed by atoms with E-state index in [-0.39, 0.29) is 48.9 Å². The number of nitrogens with zero attached hydrogens (tertiary/aromatic N) is 5. The highest BCUT2D eigenvalue weighted by Crippen LogP contribution is 2.16. The lowest BCUT2D eigenvalue weighted by Crippen LogP contribution is -2.55. The SMILES string of the molecule is CCNC(=NCC(=O)Nc1cccc(F)c1)N1CCN(c2cnn(C)c2)C(=O)C1.I. The number of amides is 2. The number of hydrogen-bond donors (Lipinski definition) is 2. The number of guanidine groups is 1. The minimum Gasteiger partial charge on any atom is -0.356 e. The smallest absolute Gasteiger partial charge is 0.246 e. The monoisotopic (exact) mass is 529 g/mol. The minimum absolute atomic E-state index is 0. The molecule has 0 atom stereocenters. The topological polar surface area (TPSA) is 94.9 Å². The number of nitrogens with one attached hydrogen (secondary N) is 2. The Hall–Kier alpha value is -2.70. The number of halogens is 2. The van der Waals surface area contributed by atoms with Crippen molar-refractivity contribution in [3.63, 3.8) is 0 Å². The van der Waals surface area contributed by atoms with E-state index in [0.29, 0.717) is 31.3 Å². The van der Waals surface area contributed by atoms with Gasteiger partial charge in [-0.25, -0.2) is 9.38 Å². The number of benzene rings is 1. The van der Waals surface area contributed by atoms with Gasteiger partial charge in [0.2, 0.25) is 11.8 Å². The van der Waals surface area contributed by atoms with Crippen molar-refractivity contribution in [2.75, 3.05) is 42.9 Å². The number of rotatable bonds is 5. The lowest BCUT2D eigenvalue weighted by atomic mass is 10.3. The van der Waals surface area contributed by atoms with Crippen LogP contribution in [0.1, 0.15) is 6.92 Å². The summed E-state index contributed by atoms with van der Waals surface area (Å²) >= 11 is 0. The second-order valence-electron chi connectivity index (χ2n) is 6.57. The molecule has 3 rings (SSSR count). The molecule has 1 saturated heterocycles. The molecule has 0 unspecified atom stereocenters. The Morgan fingerprint density at radius 1 is 1.33 bits per heavy atom. The first-order valence-electron chi connectivity index (χ1n) is 9.34. The molecule has 0 spiro atoms. The predicted octanol–water partition coefficient (Wildman–Crippen LogP) is 1.43. The Bertz CT molecular complexity index is 918. The molecular formula is C19H25FIN7O2. The van der Waals surface area contributed by atoms with Crippen molar-refractivity contribution in [2.24, 2.45) is 12.0 Å². The highest BCUT2D eigenvalue weighted by atomic mass is 127. The van der Waals surface area contributed by atoms with E-state index in [4.69, 9.17) is 0 Å². The molecule has 1 fully saturated rings. The highest BCUT2D eigenvalue weighted by Gasteiger charge is 2.27. The first kappa shape index (κ1) is 23.6. The number of anilines is 2. The largest absolute Gasteiger partial charge is 0.356 e. The summed E-state index contributed by atoms with van der Waals surface area (Å²) in [5.74, 6) is -0.379. The number of aryl methyl sites for hydroxylation is 1. The van der Waals surface area contributed by atoms with Gasteiger partial charge >= 0.3 is 0 Å². The van der Waals surface area contributed by atoms with E-state index in [0.717, 1.165) is 5.69 Å². The fraction of sp³-hybridized carbons (Fsp3) is 0.368. The molecule has 162 valence electrons. The number of piperazine rings is 1. The number of hydrogen-bond acceptors (Lipinski definition) is 4. The van der Waals surface area contributed by atoms with Crippen LogP contribution in [-0.4, -0.2) is 65.2 Å².